The smallest absolute Gasteiger partial charge is 0.257 e. The molecule has 19 heavy (non-hydrogen) atoms. The minimum atomic E-state index is -0.0900. The third kappa shape index (κ3) is 4.23. The highest BCUT2D eigenvalue weighted by molar-refractivity contribution is 9.10. The maximum absolute atomic E-state index is 12.5. The fourth-order valence-corrected chi connectivity index (χ4v) is 2.26. The summed E-state index contributed by atoms with van der Waals surface area (Å²) in [5.41, 5.74) is 0.375. The minimum absolute atomic E-state index is 0.0316. The van der Waals surface area contributed by atoms with E-state index in [4.69, 9.17) is 0 Å². The second kappa shape index (κ2) is 7.53. The highest BCUT2D eigenvalue weighted by Gasteiger charge is 2.22. The van der Waals surface area contributed by atoms with E-state index < -0.39 is 0 Å². The van der Waals surface area contributed by atoms with Crippen LogP contribution in [0.3, 0.4) is 0 Å². The molecule has 0 bridgehead atoms. The molecule has 4 heteroatoms. The normalized spacial score (nSPS) is 12.2. The van der Waals surface area contributed by atoms with E-state index in [1.54, 1.807) is 18.2 Å². The van der Waals surface area contributed by atoms with Crippen molar-refractivity contribution in [3.8, 4) is 5.75 Å². The van der Waals surface area contributed by atoms with Gasteiger partial charge in [-0.15, -0.1) is 0 Å². The maximum Gasteiger partial charge on any atom is 0.257 e. The number of phenolic OH excluding ortho intramolecular Hbond substituents is 1. The van der Waals surface area contributed by atoms with Crippen LogP contribution in [0.1, 0.15) is 50.4 Å². The van der Waals surface area contributed by atoms with E-state index in [1.165, 1.54) is 0 Å². The Morgan fingerprint density at radius 3 is 2.63 bits per heavy atom. The van der Waals surface area contributed by atoms with Crippen LogP contribution < -0.4 is 0 Å². The lowest BCUT2D eigenvalue weighted by Gasteiger charge is -2.29. The number of benzene rings is 1. The Morgan fingerprint density at radius 2 is 2.11 bits per heavy atom. The van der Waals surface area contributed by atoms with Crippen LogP contribution in [0.5, 0.6) is 5.75 Å². The highest BCUT2D eigenvalue weighted by Crippen LogP contribution is 2.24. The average molecular weight is 328 g/mol. The summed E-state index contributed by atoms with van der Waals surface area (Å²) in [6, 6.07) is 5.19. The Hall–Kier alpha value is -1.03. The number of amides is 1. The van der Waals surface area contributed by atoms with Gasteiger partial charge in [0.1, 0.15) is 5.75 Å². The summed E-state index contributed by atoms with van der Waals surface area (Å²) in [6.07, 6.45) is 2.94. The number of rotatable bonds is 6. The molecule has 0 saturated heterocycles. The van der Waals surface area contributed by atoms with Crippen LogP contribution >= 0.6 is 15.9 Å². The number of unbranched alkanes of at least 4 members (excludes halogenated alkanes) is 1. The third-order valence-electron chi connectivity index (χ3n) is 3.33. The van der Waals surface area contributed by atoms with Gasteiger partial charge in [-0.2, -0.15) is 0 Å². The van der Waals surface area contributed by atoms with Crippen molar-refractivity contribution in [2.75, 3.05) is 6.54 Å². The molecule has 1 aromatic rings. The summed E-state index contributed by atoms with van der Waals surface area (Å²) in [5, 5.41) is 9.91. The van der Waals surface area contributed by atoms with Crippen LogP contribution in [-0.4, -0.2) is 28.5 Å². The van der Waals surface area contributed by atoms with Gasteiger partial charge in [-0.25, -0.2) is 0 Å². The molecule has 0 spiro atoms. The summed E-state index contributed by atoms with van der Waals surface area (Å²) >= 11 is 3.28. The van der Waals surface area contributed by atoms with Crippen LogP contribution in [0, 0.1) is 0 Å². The van der Waals surface area contributed by atoms with Crippen LogP contribution in [-0.2, 0) is 0 Å². The first kappa shape index (κ1) is 16.0. The second-order valence-electron chi connectivity index (χ2n) is 4.77. The van der Waals surface area contributed by atoms with Gasteiger partial charge in [-0.3, -0.25) is 4.79 Å². The fourth-order valence-electron chi connectivity index (χ4n) is 1.91. The van der Waals surface area contributed by atoms with Gasteiger partial charge in [0.2, 0.25) is 0 Å². The molecule has 0 aliphatic rings. The molecule has 0 radical (unpaired) electrons. The fraction of sp³-hybridized carbons (Fsp3) is 0.533. The Bertz CT molecular complexity index is 434. The predicted molar refractivity (Wildman–Crippen MR) is 81.5 cm³/mol. The molecule has 1 N–H and O–H groups in total. The first-order valence-electron chi connectivity index (χ1n) is 6.80. The maximum atomic E-state index is 12.5. The first-order valence-corrected chi connectivity index (χ1v) is 7.60. The summed E-state index contributed by atoms with van der Waals surface area (Å²) in [7, 11) is 0. The summed E-state index contributed by atoms with van der Waals surface area (Å²) in [6.45, 7) is 6.96. The van der Waals surface area contributed by atoms with Crippen molar-refractivity contribution in [2.45, 2.75) is 46.1 Å². The summed E-state index contributed by atoms with van der Waals surface area (Å²) in [4.78, 5) is 14.4. The zero-order chi connectivity index (χ0) is 14.4. The van der Waals surface area contributed by atoms with Crippen molar-refractivity contribution >= 4 is 21.8 Å². The predicted octanol–water partition coefficient (Wildman–Crippen LogP) is 4.20. The molecule has 1 amide bonds. The molecule has 0 aromatic heterocycles. The number of halogens is 1. The van der Waals surface area contributed by atoms with Crippen molar-refractivity contribution in [1.29, 1.82) is 0 Å². The van der Waals surface area contributed by atoms with Gasteiger partial charge in [0.05, 0.1) is 5.56 Å². The monoisotopic (exact) mass is 327 g/mol. The van der Waals surface area contributed by atoms with Crippen molar-refractivity contribution in [3.05, 3.63) is 28.2 Å². The SMILES string of the molecule is CCCCN(C(=O)c1ccc(Br)cc1O)C(C)CC. The van der Waals surface area contributed by atoms with Gasteiger partial charge in [0, 0.05) is 17.1 Å². The molecule has 1 unspecified atom stereocenters. The third-order valence-corrected chi connectivity index (χ3v) is 3.82. The van der Waals surface area contributed by atoms with E-state index in [1.807, 2.05) is 11.8 Å². The van der Waals surface area contributed by atoms with Crippen LogP contribution in [0.15, 0.2) is 22.7 Å². The molecule has 0 heterocycles. The molecule has 1 atom stereocenters. The lowest BCUT2D eigenvalue weighted by molar-refractivity contribution is 0.0682. The molecular formula is C15H22BrNO2. The van der Waals surface area contributed by atoms with Gasteiger partial charge in [0.25, 0.3) is 5.91 Å². The standard InChI is InChI=1S/C15H22BrNO2/c1-4-6-9-17(11(3)5-2)15(19)13-8-7-12(16)10-14(13)18/h7-8,10-11,18H,4-6,9H2,1-3H3. The molecular weight excluding hydrogens is 306 g/mol. The van der Waals surface area contributed by atoms with E-state index in [2.05, 4.69) is 29.8 Å². The Balaban J connectivity index is 2.97. The Morgan fingerprint density at radius 1 is 1.42 bits per heavy atom. The zero-order valence-corrected chi connectivity index (χ0v) is 13.4. The van der Waals surface area contributed by atoms with Crippen LogP contribution in [0.25, 0.3) is 0 Å². The topological polar surface area (TPSA) is 40.5 Å². The van der Waals surface area contributed by atoms with Gasteiger partial charge in [-0.05, 0) is 38.0 Å². The van der Waals surface area contributed by atoms with Crippen LogP contribution in [0.4, 0.5) is 0 Å². The van der Waals surface area contributed by atoms with Gasteiger partial charge < -0.3 is 10.0 Å². The van der Waals surface area contributed by atoms with Crippen LogP contribution in [0.2, 0.25) is 0 Å². The Labute approximate surface area is 123 Å². The number of carbonyl (C=O) groups excluding carboxylic acids is 1. The highest BCUT2D eigenvalue weighted by atomic mass is 79.9. The van der Waals surface area contributed by atoms with Crippen molar-refractivity contribution in [1.82, 2.24) is 4.90 Å². The Kier molecular flexibility index (Phi) is 6.35. The molecule has 1 aromatic carbocycles. The van der Waals surface area contributed by atoms with Crippen molar-refractivity contribution < 1.29 is 9.90 Å². The van der Waals surface area contributed by atoms with E-state index in [0.29, 0.717) is 5.56 Å². The van der Waals surface area contributed by atoms with E-state index in [-0.39, 0.29) is 17.7 Å². The average Bonchev–Trinajstić information content (AvgIpc) is 2.38. The molecule has 1 rings (SSSR count). The number of carbonyl (C=O) groups is 1. The largest absolute Gasteiger partial charge is 0.507 e. The van der Waals surface area contributed by atoms with E-state index in [9.17, 15) is 9.90 Å². The molecule has 0 saturated carbocycles. The summed E-state index contributed by atoms with van der Waals surface area (Å²) < 4.78 is 0.769. The number of phenols is 1. The lowest BCUT2D eigenvalue weighted by Crippen LogP contribution is -2.39. The van der Waals surface area contributed by atoms with Crippen molar-refractivity contribution in [2.24, 2.45) is 0 Å². The molecule has 0 aliphatic carbocycles. The number of nitrogens with zero attached hydrogens (tertiary/aromatic N) is 1. The van der Waals surface area contributed by atoms with E-state index in [0.717, 1.165) is 30.3 Å². The lowest BCUT2D eigenvalue weighted by atomic mass is 10.1. The number of hydrogen-bond acceptors (Lipinski definition) is 2. The zero-order valence-electron chi connectivity index (χ0n) is 11.8. The quantitative estimate of drug-likeness (QED) is 0.850. The summed E-state index contributed by atoms with van der Waals surface area (Å²) in [5.74, 6) is -0.0584. The number of hydrogen-bond donors (Lipinski definition) is 1. The number of aromatic hydroxyl groups is 1. The molecule has 0 aliphatic heterocycles. The first-order chi connectivity index (χ1) is 9.01. The van der Waals surface area contributed by atoms with Gasteiger partial charge in [0.15, 0.2) is 0 Å². The van der Waals surface area contributed by atoms with Gasteiger partial charge >= 0.3 is 0 Å². The molecule has 0 fully saturated rings. The minimum Gasteiger partial charge on any atom is -0.507 e. The van der Waals surface area contributed by atoms with E-state index >= 15 is 0 Å². The van der Waals surface area contributed by atoms with Gasteiger partial charge in [-0.1, -0.05) is 36.2 Å². The second-order valence-corrected chi connectivity index (χ2v) is 5.69. The molecule has 106 valence electrons. The molecule has 3 nitrogen and oxygen atoms in total. The van der Waals surface area contributed by atoms with Crippen molar-refractivity contribution in [3.63, 3.8) is 0 Å².